The van der Waals surface area contributed by atoms with Crippen molar-refractivity contribution < 1.29 is 74.4 Å². The van der Waals surface area contributed by atoms with Gasteiger partial charge in [0.2, 0.25) is 0 Å². The van der Waals surface area contributed by atoms with E-state index in [9.17, 15) is 46.0 Å². The highest BCUT2D eigenvalue weighted by Crippen LogP contribution is 2.70. The lowest BCUT2D eigenvalue weighted by atomic mass is 9.47. The van der Waals surface area contributed by atoms with Crippen LogP contribution in [0, 0.1) is 46.3 Å². The Hall–Kier alpha value is -0.900. The number of rotatable bonds is 8. The number of aliphatic hydroxyl groups excluding tert-OH is 9. The van der Waals surface area contributed by atoms with Crippen molar-refractivity contribution in [2.75, 3.05) is 19.8 Å². The third kappa shape index (κ3) is 7.52. The molecule has 0 radical (unpaired) electrons. The molecule has 9 rings (SSSR count). The van der Waals surface area contributed by atoms with Crippen molar-refractivity contribution in [3.8, 4) is 0 Å². The first-order chi connectivity index (χ1) is 29.0. The molecule has 9 N–H and O–H groups in total. The average Bonchev–Trinajstić information content (AvgIpc) is 3.71. The Morgan fingerprint density at radius 3 is 2.15 bits per heavy atom. The second kappa shape index (κ2) is 17.1. The van der Waals surface area contributed by atoms with E-state index in [2.05, 4.69) is 38.7 Å². The average molecular weight is 868 g/mol. The molecule has 0 aromatic rings. The molecule has 16 nitrogen and oxygen atoms in total. The second-order valence-corrected chi connectivity index (χ2v) is 21.3. The van der Waals surface area contributed by atoms with Gasteiger partial charge in [0.05, 0.1) is 25.4 Å². The Morgan fingerprint density at radius 2 is 1.39 bits per heavy atom. The van der Waals surface area contributed by atoms with Gasteiger partial charge in [-0.15, -0.1) is 0 Å². The maximum Gasteiger partial charge on any atom is 0.187 e. The van der Waals surface area contributed by atoms with Crippen LogP contribution in [0.2, 0.25) is 0 Å². The van der Waals surface area contributed by atoms with Crippen molar-refractivity contribution in [3.05, 3.63) is 11.6 Å². The van der Waals surface area contributed by atoms with E-state index >= 15 is 0 Å². The van der Waals surface area contributed by atoms with Crippen LogP contribution in [0.25, 0.3) is 0 Å². The molecule has 61 heavy (non-hydrogen) atoms. The highest BCUT2D eigenvalue weighted by Gasteiger charge is 2.66. The van der Waals surface area contributed by atoms with Gasteiger partial charge in [-0.2, -0.15) is 0 Å². The zero-order chi connectivity index (χ0) is 43.4. The van der Waals surface area contributed by atoms with Gasteiger partial charge in [0.1, 0.15) is 67.1 Å². The molecule has 5 heterocycles. The predicted octanol–water partition coefficient (Wildman–Crippen LogP) is 0.155. The molecule has 0 bridgehead atoms. The van der Waals surface area contributed by atoms with E-state index in [1.165, 1.54) is 51.1 Å². The summed E-state index contributed by atoms with van der Waals surface area (Å²) in [5, 5.41) is 95.6. The number of hydrogen-bond donors (Lipinski definition) is 9. The third-order valence-electron chi connectivity index (χ3n) is 18.0. The zero-order valence-electron chi connectivity index (χ0n) is 36.3. The van der Waals surface area contributed by atoms with Crippen molar-refractivity contribution in [2.45, 2.75) is 203 Å². The third-order valence-corrected chi connectivity index (χ3v) is 18.0. The number of ether oxygens (including phenoxy) is 6. The van der Waals surface area contributed by atoms with Crippen LogP contribution in [0.15, 0.2) is 11.6 Å². The Balaban J connectivity index is 0.893. The fraction of sp³-hybridized carbons (Fsp3) is 0.956. The maximum atomic E-state index is 11.6. The van der Waals surface area contributed by atoms with Gasteiger partial charge in [-0.3, -0.25) is 4.90 Å². The second-order valence-electron chi connectivity index (χ2n) is 21.3. The van der Waals surface area contributed by atoms with Crippen molar-refractivity contribution in [3.63, 3.8) is 0 Å². The molecule has 0 unspecified atom stereocenters. The van der Waals surface area contributed by atoms with Gasteiger partial charge >= 0.3 is 0 Å². The summed E-state index contributed by atoms with van der Waals surface area (Å²) in [4.78, 5) is 2.94. The molecule has 8 fully saturated rings. The summed E-state index contributed by atoms with van der Waals surface area (Å²) in [6.07, 6.45) is -10.4. The van der Waals surface area contributed by atoms with E-state index in [1.807, 2.05) is 0 Å². The number of nitrogens with zero attached hydrogens (tertiary/aromatic N) is 1. The summed E-state index contributed by atoms with van der Waals surface area (Å²) in [5.74, 6) is 4.26. The van der Waals surface area contributed by atoms with Gasteiger partial charge in [-0.25, -0.2) is 0 Å². The highest BCUT2D eigenvalue weighted by atomic mass is 16.8. The van der Waals surface area contributed by atoms with Crippen LogP contribution in [0.5, 0.6) is 0 Å². The first kappa shape index (κ1) is 45.3. The molecule has 3 saturated carbocycles. The Bertz CT molecular complexity index is 1590. The summed E-state index contributed by atoms with van der Waals surface area (Å²) in [6, 6.07) is 1.45. The van der Waals surface area contributed by atoms with Crippen molar-refractivity contribution >= 4 is 0 Å². The zero-order valence-corrected chi connectivity index (χ0v) is 36.3. The largest absolute Gasteiger partial charge is 0.394 e. The molecule has 4 aliphatic carbocycles. The summed E-state index contributed by atoms with van der Waals surface area (Å²) in [5.41, 5.74) is 1.80. The van der Waals surface area contributed by atoms with Crippen molar-refractivity contribution in [1.29, 1.82) is 0 Å². The smallest absolute Gasteiger partial charge is 0.187 e. The van der Waals surface area contributed by atoms with Crippen LogP contribution in [0.3, 0.4) is 0 Å². The van der Waals surface area contributed by atoms with Crippen molar-refractivity contribution in [2.24, 2.45) is 46.3 Å². The van der Waals surface area contributed by atoms with E-state index in [-0.39, 0.29) is 11.5 Å². The van der Waals surface area contributed by atoms with Crippen LogP contribution in [0.4, 0.5) is 0 Å². The summed E-state index contributed by atoms with van der Waals surface area (Å²) in [7, 11) is 0. The minimum absolute atomic E-state index is 0.0397. The fourth-order valence-electron chi connectivity index (χ4n) is 14.7. The van der Waals surface area contributed by atoms with Gasteiger partial charge in [0.15, 0.2) is 18.9 Å². The van der Waals surface area contributed by atoms with Crippen LogP contribution >= 0.6 is 0 Å². The number of aliphatic hydroxyl groups is 9. The summed E-state index contributed by atoms with van der Waals surface area (Å²) >= 11 is 0. The van der Waals surface area contributed by atoms with E-state index in [4.69, 9.17) is 28.4 Å². The van der Waals surface area contributed by atoms with E-state index in [1.54, 1.807) is 0 Å². The number of allylic oxidation sites excluding steroid dienone is 1. The Kier molecular flexibility index (Phi) is 12.7. The first-order valence-electron chi connectivity index (χ1n) is 23.4. The minimum atomic E-state index is -1.72. The summed E-state index contributed by atoms with van der Waals surface area (Å²) in [6.45, 7) is 11.7. The molecule has 16 heteroatoms. The topological polar surface area (TPSA) is 241 Å². The molecular formula is C45H73NO15. The summed E-state index contributed by atoms with van der Waals surface area (Å²) < 4.78 is 35.8. The standard InChI is InChI=1S/C45H73NO15/c1-19-6-9-27-20(2)31-28(46(27)16-19)15-26-24-8-7-22-14-23(10-12-44(22,4)25(24)11-13-45(26,31)5)58-43-39(55)36(52)40(61-42-38(54)34(50)32(48)21(3)57-42)30(60-43)18-56-41-37(53)35(51)33(49)29(17-47)59-41/h7,19-21,23-43,47-55H,6,8-18H2,1-5H3/t19-,20-,21-,23-,24+,25-,26-,27+,28-,29+,30+,31-,32-,33+,34+,35-,36+,37+,38+,39+,40+,41+,42+,43+,44-,45-/m0/s1. The molecule has 348 valence electrons. The Labute approximate surface area is 359 Å². The van der Waals surface area contributed by atoms with Gasteiger partial charge < -0.3 is 74.4 Å². The normalized spacial score (nSPS) is 57.3. The molecular weight excluding hydrogens is 794 g/mol. The lowest BCUT2D eigenvalue weighted by Crippen LogP contribution is -2.65. The van der Waals surface area contributed by atoms with Crippen molar-refractivity contribution in [1.82, 2.24) is 4.90 Å². The molecule has 26 atom stereocenters. The molecule has 0 aromatic heterocycles. The molecule has 9 aliphatic rings. The lowest BCUT2D eigenvalue weighted by molar-refractivity contribution is -0.368. The minimum Gasteiger partial charge on any atom is -0.394 e. The van der Waals surface area contributed by atoms with Gasteiger partial charge in [-0.05, 0) is 111 Å². The molecule has 5 aliphatic heterocycles. The Morgan fingerprint density at radius 1 is 0.705 bits per heavy atom. The molecule has 0 amide bonds. The fourth-order valence-corrected chi connectivity index (χ4v) is 14.7. The SMILES string of the molecule is C[C@H]1CC[C@@H]2[C@H](C)[C@H]3[C@H](C[C@H]4[C@@H]5CC=C6C[C@@H](O[C@@H]7O[C@H](CO[C@@H]8O[C@H](CO)[C@@H](O)[C@H](O)[C@H]8O)[C@@H](O[C@H]8O[C@@H](C)[C@H](O)[C@@H](O)[C@H]8O)[C@H](O)[C@H]7O)CC[C@]6(C)[C@H]5CC[C@]34C)N2C1. The van der Waals surface area contributed by atoms with Crippen LogP contribution in [-0.2, 0) is 28.4 Å². The van der Waals surface area contributed by atoms with Crippen LogP contribution < -0.4 is 0 Å². The van der Waals surface area contributed by atoms with E-state index in [0.29, 0.717) is 35.6 Å². The quantitative estimate of drug-likeness (QED) is 0.148. The van der Waals surface area contributed by atoms with Gasteiger partial charge in [0.25, 0.3) is 0 Å². The van der Waals surface area contributed by atoms with Gasteiger partial charge in [-0.1, -0.05) is 39.3 Å². The monoisotopic (exact) mass is 867 g/mol. The highest BCUT2D eigenvalue weighted by molar-refractivity contribution is 5.27. The number of piperidine rings is 1. The van der Waals surface area contributed by atoms with Crippen LogP contribution in [-0.4, -0.2) is 181 Å². The molecule has 0 spiro atoms. The number of hydrogen-bond acceptors (Lipinski definition) is 16. The van der Waals surface area contributed by atoms with E-state index in [0.717, 1.165) is 43.1 Å². The maximum absolute atomic E-state index is 11.6. The van der Waals surface area contributed by atoms with Gasteiger partial charge in [0, 0.05) is 18.6 Å². The molecule has 0 aromatic carbocycles. The lowest BCUT2D eigenvalue weighted by Gasteiger charge is -2.58. The van der Waals surface area contributed by atoms with E-state index < -0.39 is 105 Å². The first-order valence-corrected chi connectivity index (χ1v) is 23.4. The van der Waals surface area contributed by atoms with Crippen LogP contribution in [0.1, 0.15) is 92.4 Å². The molecule has 5 saturated heterocycles. The predicted molar refractivity (Wildman–Crippen MR) is 215 cm³/mol. The number of fused-ring (bicyclic) bond motifs is 9.